The Balaban J connectivity index is 2.69. The second-order valence-corrected chi connectivity index (χ2v) is 3.90. The molecule has 0 spiro atoms. The molecule has 0 heterocycles. The van der Waals surface area contributed by atoms with E-state index >= 15 is 0 Å². The van der Waals surface area contributed by atoms with Crippen molar-refractivity contribution in [2.24, 2.45) is 0 Å². The van der Waals surface area contributed by atoms with Crippen molar-refractivity contribution in [1.29, 1.82) is 0 Å². The Morgan fingerprint density at radius 3 is 2.56 bits per heavy atom. The van der Waals surface area contributed by atoms with Gasteiger partial charge in [0.15, 0.2) is 24.0 Å². The molecule has 98 valence electrons. The lowest BCUT2D eigenvalue weighted by Gasteiger charge is -2.15. The van der Waals surface area contributed by atoms with Crippen LogP contribution in [0.3, 0.4) is 0 Å². The molecule has 0 atom stereocenters. The molecular weight excluding hydrogens is 237 g/mol. The first-order chi connectivity index (χ1) is 8.45. The molecule has 0 radical (unpaired) electrons. The van der Waals surface area contributed by atoms with Crippen LogP contribution in [0.4, 0.5) is 4.39 Å². The zero-order valence-electron chi connectivity index (χ0n) is 10.7. The Bertz CT molecular complexity index is 460. The van der Waals surface area contributed by atoms with E-state index in [0.29, 0.717) is 6.54 Å². The van der Waals surface area contributed by atoms with Gasteiger partial charge < -0.3 is 9.64 Å². The third kappa shape index (κ3) is 3.55. The van der Waals surface area contributed by atoms with Crippen LogP contribution < -0.4 is 4.74 Å². The summed E-state index contributed by atoms with van der Waals surface area (Å²) in [5.41, 5.74) is 0.275. The van der Waals surface area contributed by atoms with Crippen LogP contribution in [0.25, 0.3) is 0 Å². The highest BCUT2D eigenvalue weighted by molar-refractivity contribution is 5.94. The van der Waals surface area contributed by atoms with Crippen LogP contribution in [0.5, 0.6) is 5.75 Å². The number of ketones is 1. The minimum absolute atomic E-state index is 0.0298. The molecular formula is C13H16FNO3. The Morgan fingerprint density at radius 2 is 2.06 bits per heavy atom. The number of amides is 1. The first kappa shape index (κ1) is 14.2. The third-order valence-corrected chi connectivity index (χ3v) is 2.59. The molecule has 0 aliphatic rings. The standard InChI is InChI=1S/C13H16FNO3/c1-4-15(3)13(17)8-18-12-6-5-10(9(2)16)7-11(12)14/h5-7H,4,8H2,1-3H3. The lowest BCUT2D eigenvalue weighted by molar-refractivity contribution is -0.131. The number of carbonyl (C=O) groups is 2. The van der Waals surface area contributed by atoms with Gasteiger partial charge in [-0.1, -0.05) is 0 Å². The van der Waals surface area contributed by atoms with Crippen molar-refractivity contribution < 1.29 is 18.7 Å². The number of hydrogen-bond donors (Lipinski definition) is 0. The smallest absolute Gasteiger partial charge is 0.260 e. The summed E-state index contributed by atoms with van der Waals surface area (Å²) in [5.74, 6) is -1.12. The molecule has 18 heavy (non-hydrogen) atoms. The third-order valence-electron chi connectivity index (χ3n) is 2.59. The average Bonchev–Trinajstić information content (AvgIpc) is 2.35. The topological polar surface area (TPSA) is 46.6 Å². The number of benzene rings is 1. The van der Waals surface area contributed by atoms with Crippen LogP contribution in [0.1, 0.15) is 24.2 Å². The summed E-state index contributed by atoms with van der Waals surface area (Å²) < 4.78 is 18.6. The number of Topliss-reactive ketones (excluding diaryl/α,β-unsaturated/α-hetero) is 1. The summed E-state index contributed by atoms with van der Waals surface area (Å²) in [7, 11) is 1.64. The van der Waals surface area contributed by atoms with E-state index in [-0.39, 0.29) is 29.6 Å². The highest BCUT2D eigenvalue weighted by atomic mass is 19.1. The van der Waals surface area contributed by atoms with Crippen molar-refractivity contribution in [1.82, 2.24) is 4.90 Å². The highest BCUT2D eigenvalue weighted by Crippen LogP contribution is 2.18. The maximum atomic E-state index is 13.5. The predicted molar refractivity (Wildman–Crippen MR) is 65.2 cm³/mol. The van der Waals surface area contributed by atoms with Crippen molar-refractivity contribution >= 4 is 11.7 Å². The summed E-state index contributed by atoms with van der Waals surface area (Å²) in [6, 6.07) is 3.92. The van der Waals surface area contributed by atoms with Gasteiger partial charge >= 0.3 is 0 Å². The van der Waals surface area contributed by atoms with Gasteiger partial charge in [-0.05, 0) is 32.0 Å². The first-order valence-electron chi connectivity index (χ1n) is 5.63. The Kier molecular flexibility index (Phi) is 4.83. The van der Waals surface area contributed by atoms with Gasteiger partial charge in [0.1, 0.15) is 0 Å². The summed E-state index contributed by atoms with van der Waals surface area (Å²) in [6.07, 6.45) is 0. The quantitative estimate of drug-likeness (QED) is 0.753. The average molecular weight is 253 g/mol. The highest BCUT2D eigenvalue weighted by Gasteiger charge is 2.11. The molecule has 0 fully saturated rings. The Morgan fingerprint density at radius 1 is 1.39 bits per heavy atom. The van der Waals surface area contributed by atoms with Crippen molar-refractivity contribution in [3.8, 4) is 5.75 Å². The van der Waals surface area contributed by atoms with Gasteiger partial charge in [0.05, 0.1) is 0 Å². The lowest BCUT2D eigenvalue weighted by atomic mass is 10.1. The van der Waals surface area contributed by atoms with Crippen LogP contribution in [0.15, 0.2) is 18.2 Å². The van der Waals surface area contributed by atoms with Gasteiger partial charge in [0.25, 0.3) is 5.91 Å². The van der Waals surface area contributed by atoms with E-state index in [9.17, 15) is 14.0 Å². The van der Waals surface area contributed by atoms with Crippen molar-refractivity contribution in [3.05, 3.63) is 29.6 Å². The fourth-order valence-corrected chi connectivity index (χ4v) is 1.26. The van der Waals surface area contributed by atoms with E-state index < -0.39 is 5.82 Å². The van der Waals surface area contributed by atoms with E-state index in [1.807, 2.05) is 6.92 Å². The summed E-state index contributed by atoms with van der Waals surface area (Å²) in [5, 5.41) is 0. The normalized spacial score (nSPS) is 10.0. The fraction of sp³-hybridized carbons (Fsp3) is 0.385. The molecule has 0 aromatic heterocycles. The van der Waals surface area contributed by atoms with Crippen LogP contribution >= 0.6 is 0 Å². The SMILES string of the molecule is CCN(C)C(=O)COc1ccc(C(C)=O)cc1F. The predicted octanol–water partition coefficient (Wildman–Crippen LogP) is 1.89. The number of ether oxygens (including phenoxy) is 1. The molecule has 0 N–H and O–H groups in total. The van der Waals surface area contributed by atoms with Crippen LogP contribution in [-0.4, -0.2) is 36.8 Å². The van der Waals surface area contributed by atoms with Gasteiger partial charge in [-0.2, -0.15) is 0 Å². The Hall–Kier alpha value is -1.91. The zero-order chi connectivity index (χ0) is 13.7. The van der Waals surface area contributed by atoms with Gasteiger partial charge in [-0.15, -0.1) is 0 Å². The number of likely N-dealkylation sites (N-methyl/N-ethyl adjacent to an activating group) is 1. The fourth-order valence-electron chi connectivity index (χ4n) is 1.26. The molecule has 0 aliphatic heterocycles. The maximum Gasteiger partial charge on any atom is 0.260 e. The molecule has 0 aliphatic carbocycles. The minimum Gasteiger partial charge on any atom is -0.481 e. The number of halogens is 1. The molecule has 0 saturated carbocycles. The van der Waals surface area contributed by atoms with Gasteiger partial charge in [0.2, 0.25) is 0 Å². The van der Waals surface area contributed by atoms with Gasteiger partial charge in [-0.25, -0.2) is 4.39 Å². The second-order valence-electron chi connectivity index (χ2n) is 3.90. The number of carbonyl (C=O) groups excluding carboxylic acids is 2. The molecule has 0 saturated heterocycles. The van der Waals surface area contributed by atoms with Gasteiger partial charge in [0, 0.05) is 19.2 Å². The Labute approximate surface area is 105 Å². The van der Waals surface area contributed by atoms with Crippen molar-refractivity contribution in [2.75, 3.05) is 20.2 Å². The summed E-state index contributed by atoms with van der Waals surface area (Å²) >= 11 is 0. The number of nitrogens with zero attached hydrogens (tertiary/aromatic N) is 1. The maximum absolute atomic E-state index is 13.5. The largest absolute Gasteiger partial charge is 0.481 e. The molecule has 1 rings (SSSR count). The lowest BCUT2D eigenvalue weighted by Crippen LogP contribution is -2.31. The van der Waals surface area contributed by atoms with Crippen molar-refractivity contribution in [3.63, 3.8) is 0 Å². The zero-order valence-corrected chi connectivity index (χ0v) is 10.7. The number of hydrogen-bond acceptors (Lipinski definition) is 3. The minimum atomic E-state index is -0.644. The molecule has 4 nitrogen and oxygen atoms in total. The molecule has 1 aromatic rings. The van der Waals surface area contributed by atoms with Gasteiger partial charge in [-0.3, -0.25) is 9.59 Å². The second kappa shape index (κ2) is 6.14. The molecule has 1 aromatic carbocycles. The van der Waals surface area contributed by atoms with E-state index in [1.165, 1.54) is 24.0 Å². The van der Waals surface area contributed by atoms with Crippen LogP contribution in [0, 0.1) is 5.82 Å². The molecule has 1 amide bonds. The van der Waals surface area contributed by atoms with E-state index in [0.717, 1.165) is 6.07 Å². The van der Waals surface area contributed by atoms with Crippen molar-refractivity contribution in [2.45, 2.75) is 13.8 Å². The summed E-state index contributed by atoms with van der Waals surface area (Å²) in [6.45, 7) is 3.53. The monoisotopic (exact) mass is 253 g/mol. The number of rotatable bonds is 5. The van der Waals surface area contributed by atoms with E-state index in [1.54, 1.807) is 7.05 Å². The van der Waals surface area contributed by atoms with E-state index in [2.05, 4.69) is 0 Å². The van der Waals surface area contributed by atoms with Crippen LogP contribution in [0.2, 0.25) is 0 Å². The van der Waals surface area contributed by atoms with Crippen LogP contribution in [-0.2, 0) is 4.79 Å². The molecule has 0 unspecified atom stereocenters. The summed E-state index contributed by atoms with van der Waals surface area (Å²) in [4.78, 5) is 24.0. The first-order valence-corrected chi connectivity index (χ1v) is 5.63. The molecule has 0 bridgehead atoms. The van der Waals surface area contributed by atoms with E-state index in [4.69, 9.17) is 4.74 Å². The molecule has 5 heteroatoms.